The molecule has 1 aliphatic rings. The van der Waals surface area contributed by atoms with Gasteiger partial charge in [0.15, 0.2) is 16.6 Å². The van der Waals surface area contributed by atoms with Crippen molar-refractivity contribution in [1.29, 1.82) is 0 Å². The minimum absolute atomic E-state index is 0.237. The molecule has 7 heteroatoms. The molecule has 1 aromatic rings. The zero-order chi connectivity index (χ0) is 14.9. The van der Waals surface area contributed by atoms with Crippen LogP contribution in [0.1, 0.15) is 11.6 Å². The van der Waals surface area contributed by atoms with Crippen molar-refractivity contribution < 1.29 is 19.7 Å². The Bertz CT molecular complexity index is 588. The molecule has 2 rings (SSSR count). The van der Waals surface area contributed by atoms with E-state index in [0.717, 1.165) is 0 Å². The van der Waals surface area contributed by atoms with Gasteiger partial charge in [-0.25, -0.2) is 0 Å². The molecular formula is C13H14N2O4S. The first-order valence-electron chi connectivity index (χ1n) is 5.80. The van der Waals surface area contributed by atoms with Gasteiger partial charge in [-0.15, -0.1) is 0 Å². The largest absolute Gasteiger partial charge is 0.504 e. The molecule has 0 amide bonds. The van der Waals surface area contributed by atoms with Crippen LogP contribution in [0, 0.1) is 5.92 Å². The number of phenolic OH excluding ortho intramolecular Hbond substituents is 2. The molecule has 6 nitrogen and oxygen atoms in total. The van der Waals surface area contributed by atoms with Crippen molar-refractivity contribution in [2.45, 2.75) is 6.04 Å². The van der Waals surface area contributed by atoms with Crippen molar-refractivity contribution >= 4 is 23.3 Å². The number of rotatable bonds is 2. The van der Waals surface area contributed by atoms with Crippen LogP contribution in [0.5, 0.6) is 11.5 Å². The number of nitrogens with one attached hydrogen (secondary N) is 2. The monoisotopic (exact) mass is 294 g/mol. The summed E-state index contributed by atoms with van der Waals surface area (Å²) >= 11 is 5.05. The van der Waals surface area contributed by atoms with Crippen LogP contribution in [0.4, 0.5) is 0 Å². The predicted molar refractivity (Wildman–Crippen MR) is 76.0 cm³/mol. The third-order valence-electron chi connectivity index (χ3n) is 3.08. The van der Waals surface area contributed by atoms with E-state index >= 15 is 0 Å². The van der Waals surface area contributed by atoms with Crippen molar-refractivity contribution in [3.8, 4) is 11.5 Å². The second-order valence-electron chi connectivity index (χ2n) is 4.35. The van der Waals surface area contributed by atoms with Crippen LogP contribution >= 0.6 is 12.2 Å². The van der Waals surface area contributed by atoms with Crippen LogP contribution in [-0.2, 0) is 9.53 Å². The molecule has 0 radical (unpaired) electrons. The normalized spacial score (nSPS) is 21.9. The Kier molecular flexibility index (Phi) is 3.80. The van der Waals surface area contributed by atoms with Gasteiger partial charge >= 0.3 is 5.97 Å². The summed E-state index contributed by atoms with van der Waals surface area (Å²) in [6.45, 7) is 3.78. The van der Waals surface area contributed by atoms with Gasteiger partial charge in [-0.05, 0) is 29.9 Å². The van der Waals surface area contributed by atoms with Crippen LogP contribution in [0.25, 0.3) is 0 Å². The maximum absolute atomic E-state index is 11.9. The predicted octanol–water partition coefficient (Wildman–Crippen LogP) is 0.919. The Morgan fingerprint density at radius 3 is 2.70 bits per heavy atom. The van der Waals surface area contributed by atoms with E-state index in [0.29, 0.717) is 16.4 Å². The van der Waals surface area contributed by atoms with Gasteiger partial charge in [-0.3, -0.25) is 4.79 Å². The van der Waals surface area contributed by atoms with Gasteiger partial charge in [0.25, 0.3) is 0 Å². The quantitative estimate of drug-likeness (QED) is 0.366. The van der Waals surface area contributed by atoms with Crippen LogP contribution in [0.15, 0.2) is 30.5 Å². The summed E-state index contributed by atoms with van der Waals surface area (Å²) in [5.41, 5.74) is 0.999. The van der Waals surface area contributed by atoms with Crippen molar-refractivity contribution in [2.24, 2.45) is 5.92 Å². The number of thiocarbonyl (C=S) groups is 1. The number of ether oxygens (including phenoxy) is 1. The molecule has 106 valence electrons. The number of aromatic hydroxyl groups is 2. The number of hydrogen-bond acceptors (Lipinski definition) is 5. The second kappa shape index (κ2) is 5.38. The lowest BCUT2D eigenvalue weighted by Gasteiger charge is -2.34. The average Bonchev–Trinajstić information content (AvgIpc) is 2.40. The first-order chi connectivity index (χ1) is 9.43. The van der Waals surface area contributed by atoms with E-state index in [4.69, 9.17) is 17.0 Å². The fourth-order valence-electron chi connectivity index (χ4n) is 2.10. The molecule has 0 aromatic heterocycles. The van der Waals surface area contributed by atoms with Gasteiger partial charge < -0.3 is 25.6 Å². The number of phenols is 2. The minimum Gasteiger partial charge on any atom is -0.504 e. The summed E-state index contributed by atoms with van der Waals surface area (Å²) in [4.78, 5) is 11.9. The third kappa shape index (κ3) is 2.53. The molecule has 0 spiro atoms. The van der Waals surface area contributed by atoms with Crippen molar-refractivity contribution in [2.75, 3.05) is 7.11 Å². The van der Waals surface area contributed by atoms with E-state index in [-0.39, 0.29) is 11.5 Å². The molecule has 1 saturated heterocycles. The number of carbonyl (C=O) groups is 1. The summed E-state index contributed by atoms with van der Waals surface area (Å²) in [7, 11) is 1.29. The van der Waals surface area contributed by atoms with Crippen molar-refractivity contribution in [1.82, 2.24) is 10.6 Å². The Morgan fingerprint density at radius 1 is 1.40 bits per heavy atom. The summed E-state index contributed by atoms with van der Waals surface area (Å²) < 4.78 is 4.77. The maximum Gasteiger partial charge on any atom is 0.317 e. The van der Waals surface area contributed by atoms with E-state index in [9.17, 15) is 15.0 Å². The minimum atomic E-state index is -0.698. The molecule has 1 heterocycles. The van der Waals surface area contributed by atoms with Crippen LogP contribution in [0.2, 0.25) is 0 Å². The highest BCUT2D eigenvalue weighted by Crippen LogP contribution is 2.34. The Hall–Kier alpha value is -2.28. The molecule has 2 atom stereocenters. The highest BCUT2D eigenvalue weighted by atomic mass is 32.1. The summed E-state index contributed by atoms with van der Waals surface area (Å²) in [6, 6.07) is 3.76. The molecule has 4 N–H and O–H groups in total. The highest BCUT2D eigenvalue weighted by molar-refractivity contribution is 7.80. The van der Waals surface area contributed by atoms with Crippen molar-refractivity contribution in [3.05, 3.63) is 36.0 Å². The fraction of sp³-hybridized carbons (Fsp3) is 0.231. The van der Waals surface area contributed by atoms with E-state index in [2.05, 4.69) is 17.2 Å². The Balaban J connectivity index is 2.42. The van der Waals surface area contributed by atoms with E-state index in [1.807, 2.05) is 0 Å². The Morgan fingerprint density at radius 2 is 2.10 bits per heavy atom. The number of benzene rings is 1. The first kappa shape index (κ1) is 14.1. The maximum atomic E-state index is 11.9. The van der Waals surface area contributed by atoms with Gasteiger partial charge in [0.2, 0.25) is 0 Å². The number of carbonyl (C=O) groups excluding carboxylic acids is 1. The molecule has 0 unspecified atom stereocenters. The second-order valence-corrected chi connectivity index (χ2v) is 4.76. The lowest BCUT2D eigenvalue weighted by molar-refractivity contribution is -0.145. The highest BCUT2D eigenvalue weighted by Gasteiger charge is 2.37. The first-order valence-corrected chi connectivity index (χ1v) is 6.21. The van der Waals surface area contributed by atoms with E-state index in [1.54, 1.807) is 6.07 Å². The van der Waals surface area contributed by atoms with Crippen LogP contribution in [-0.4, -0.2) is 28.4 Å². The third-order valence-corrected chi connectivity index (χ3v) is 3.30. The van der Waals surface area contributed by atoms with Gasteiger partial charge in [-0.2, -0.15) is 0 Å². The number of methoxy groups -OCH3 is 1. The molecule has 0 aliphatic carbocycles. The van der Waals surface area contributed by atoms with Crippen LogP contribution < -0.4 is 10.6 Å². The standard InChI is InChI=1S/C13H14N2O4S/c1-6-10(12(18)19-2)11(15-13(20)14-6)7-3-4-8(16)9(17)5-7/h3-5,10-11,16-17H,1H2,2H3,(H2,14,15,20)/t10-,11+/m1/s1. The van der Waals surface area contributed by atoms with Crippen LogP contribution in [0.3, 0.4) is 0 Å². The van der Waals surface area contributed by atoms with E-state index in [1.165, 1.54) is 19.2 Å². The van der Waals surface area contributed by atoms with Gasteiger partial charge in [0, 0.05) is 5.70 Å². The van der Waals surface area contributed by atoms with Gasteiger partial charge in [0.05, 0.1) is 13.2 Å². The molecular weight excluding hydrogens is 280 g/mol. The SMILES string of the molecule is C=C1NC(=S)N[C@@H](c2ccc(O)c(O)c2)[C@@H]1C(=O)OC. The summed E-state index contributed by atoms with van der Waals surface area (Å²) in [6.07, 6.45) is 0. The average molecular weight is 294 g/mol. The fourth-order valence-corrected chi connectivity index (χ4v) is 2.36. The zero-order valence-corrected chi connectivity index (χ0v) is 11.5. The van der Waals surface area contributed by atoms with Gasteiger partial charge in [0.1, 0.15) is 5.92 Å². The van der Waals surface area contributed by atoms with E-state index < -0.39 is 17.9 Å². The zero-order valence-electron chi connectivity index (χ0n) is 10.7. The number of esters is 1. The van der Waals surface area contributed by atoms with Gasteiger partial charge in [-0.1, -0.05) is 12.6 Å². The molecule has 1 aliphatic heterocycles. The lowest BCUT2D eigenvalue weighted by Crippen LogP contribution is -2.50. The molecule has 0 bridgehead atoms. The molecule has 0 saturated carbocycles. The molecule has 1 aromatic carbocycles. The molecule has 1 fully saturated rings. The van der Waals surface area contributed by atoms with Crippen molar-refractivity contribution in [3.63, 3.8) is 0 Å². The smallest absolute Gasteiger partial charge is 0.317 e. The molecule has 20 heavy (non-hydrogen) atoms. The summed E-state index contributed by atoms with van der Waals surface area (Å²) in [5, 5.41) is 25.0. The number of hydrogen-bond donors (Lipinski definition) is 4. The summed E-state index contributed by atoms with van der Waals surface area (Å²) in [5.74, 6) is -1.69. The Labute approximate surface area is 121 Å². The topological polar surface area (TPSA) is 90.8 Å². The lowest BCUT2D eigenvalue weighted by atomic mass is 9.89.